The maximum atomic E-state index is 13.0. The molecule has 1 fully saturated rings. The van der Waals surface area contributed by atoms with Gasteiger partial charge in [-0.25, -0.2) is 9.97 Å². The Hall–Kier alpha value is -4.77. The molecule has 5 nitrogen and oxygen atoms in total. The highest BCUT2D eigenvalue weighted by Crippen LogP contribution is 2.41. The minimum atomic E-state index is -0.665. The monoisotopic (exact) mass is 553 g/mol. The van der Waals surface area contributed by atoms with Gasteiger partial charge in [0.1, 0.15) is 5.54 Å². The van der Waals surface area contributed by atoms with Gasteiger partial charge in [0.25, 0.3) is 0 Å². The third kappa shape index (κ3) is 5.30. The smallest absolute Gasteiger partial charge is 0.213 e. The Labute approximate surface area is 247 Å². The number of carbonyl (C=O) groups is 1. The maximum absolute atomic E-state index is 13.0. The molecular weight excluding hydrogens is 518 g/mol. The van der Waals surface area contributed by atoms with Crippen LogP contribution in [0, 0.1) is 5.92 Å². The summed E-state index contributed by atoms with van der Waals surface area (Å²) in [5.41, 5.74) is 4.97. The predicted molar refractivity (Wildman–Crippen MR) is 167 cm³/mol. The Morgan fingerprint density at radius 3 is 1.93 bits per heavy atom. The van der Waals surface area contributed by atoms with Crippen LogP contribution in [0.1, 0.15) is 54.5 Å². The fourth-order valence-electron chi connectivity index (χ4n) is 6.23. The van der Waals surface area contributed by atoms with Gasteiger partial charge < -0.3 is 9.30 Å². The zero-order chi connectivity index (χ0) is 28.8. The molecule has 6 rings (SSSR count). The van der Waals surface area contributed by atoms with Crippen molar-refractivity contribution >= 4 is 11.9 Å². The number of carbonyl (C=O) groups excluding carboxylic acids is 1. The molecule has 0 aliphatic heterocycles. The Balaban J connectivity index is 1.48. The highest BCUT2D eigenvalue weighted by molar-refractivity contribution is 5.96. The quantitative estimate of drug-likeness (QED) is 0.137. The van der Waals surface area contributed by atoms with Gasteiger partial charge in [0.05, 0.1) is 24.8 Å². The summed E-state index contributed by atoms with van der Waals surface area (Å²) < 4.78 is 7.63. The number of pyridine rings is 1. The number of imidazole rings is 1. The lowest BCUT2D eigenvalue weighted by atomic mass is 9.77. The zero-order valence-corrected chi connectivity index (χ0v) is 23.9. The van der Waals surface area contributed by atoms with Crippen molar-refractivity contribution in [1.29, 1.82) is 0 Å². The fraction of sp³-hybridized carbons (Fsp3) is 0.216. The molecule has 1 aliphatic rings. The van der Waals surface area contributed by atoms with Gasteiger partial charge in [-0.1, -0.05) is 110 Å². The first-order valence-electron chi connectivity index (χ1n) is 14.7. The predicted octanol–water partition coefficient (Wildman–Crippen LogP) is 7.96. The summed E-state index contributed by atoms with van der Waals surface area (Å²) in [5, 5.41) is 0. The number of ether oxygens (including phenoxy) is 1. The molecule has 1 saturated carbocycles. The molecule has 0 unspecified atom stereocenters. The van der Waals surface area contributed by atoms with Crippen LogP contribution in [-0.2, 0) is 10.3 Å². The molecule has 210 valence electrons. The first-order valence-corrected chi connectivity index (χ1v) is 14.7. The van der Waals surface area contributed by atoms with Crippen LogP contribution >= 0.6 is 0 Å². The number of hydrogen-bond acceptors (Lipinski definition) is 4. The van der Waals surface area contributed by atoms with Crippen molar-refractivity contribution in [2.24, 2.45) is 5.92 Å². The van der Waals surface area contributed by atoms with Crippen LogP contribution in [0.4, 0.5) is 0 Å². The maximum Gasteiger partial charge on any atom is 0.213 e. The van der Waals surface area contributed by atoms with Crippen LogP contribution in [0.15, 0.2) is 122 Å². The standard InChI is InChI=1S/C37H35N3O2/c1-42-36-25-22-32(33(39-36)23-24-35(41)28-14-6-2-7-15-28)34-26-40(27-38-34)37(29-16-8-3-9-17-29,30-18-10-4-11-19-30)31-20-12-5-13-21-31/h3-5,8-13,16-28H,2,6-7,14-15H2,1H3/b24-23+. The van der Waals surface area contributed by atoms with Crippen LogP contribution < -0.4 is 4.74 Å². The van der Waals surface area contributed by atoms with E-state index in [1.54, 1.807) is 13.2 Å². The number of methoxy groups -OCH3 is 1. The van der Waals surface area contributed by atoms with Crippen molar-refractivity contribution in [3.05, 3.63) is 144 Å². The minimum absolute atomic E-state index is 0.103. The van der Waals surface area contributed by atoms with Crippen molar-refractivity contribution in [2.45, 2.75) is 37.6 Å². The molecule has 0 atom stereocenters. The van der Waals surface area contributed by atoms with E-state index in [1.807, 2.05) is 42.7 Å². The highest BCUT2D eigenvalue weighted by Gasteiger charge is 2.38. The Kier molecular flexibility index (Phi) is 8.09. The van der Waals surface area contributed by atoms with Crippen molar-refractivity contribution in [2.75, 3.05) is 7.11 Å². The number of rotatable bonds is 9. The third-order valence-corrected chi connectivity index (χ3v) is 8.34. The second-order valence-electron chi connectivity index (χ2n) is 10.8. The fourth-order valence-corrected chi connectivity index (χ4v) is 6.23. The van der Waals surface area contributed by atoms with Gasteiger partial charge in [0.15, 0.2) is 5.78 Å². The summed E-state index contributed by atoms with van der Waals surface area (Å²) in [6.45, 7) is 0. The van der Waals surface area contributed by atoms with Crippen LogP contribution in [-0.4, -0.2) is 27.4 Å². The molecule has 0 amide bonds. The number of hydrogen-bond donors (Lipinski definition) is 0. The number of benzene rings is 3. The van der Waals surface area contributed by atoms with E-state index in [0.717, 1.165) is 53.6 Å². The average molecular weight is 554 g/mol. The Morgan fingerprint density at radius 1 is 0.810 bits per heavy atom. The summed E-state index contributed by atoms with van der Waals surface area (Å²) in [5.74, 6) is 0.772. The molecule has 0 bridgehead atoms. The zero-order valence-electron chi connectivity index (χ0n) is 23.9. The molecule has 5 aromatic rings. The van der Waals surface area contributed by atoms with E-state index in [4.69, 9.17) is 14.7 Å². The van der Waals surface area contributed by atoms with Crippen molar-refractivity contribution in [3.63, 3.8) is 0 Å². The van der Waals surface area contributed by atoms with Gasteiger partial charge >= 0.3 is 0 Å². The first kappa shape index (κ1) is 27.4. The summed E-state index contributed by atoms with van der Waals surface area (Å²) in [6.07, 6.45) is 12.9. The van der Waals surface area contributed by atoms with E-state index in [2.05, 4.69) is 83.6 Å². The van der Waals surface area contributed by atoms with Crippen LogP contribution in [0.5, 0.6) is 5.88 Å². The van der Waals surface area contributed by atoms with Crippen molar-refractivity contribution in [3.8, 4) is 17.1 Å². The number of nitrogens with zero attached hydrogens (tertiary/aromatic N) is 3. The van der Waals surface area contributed by atoms with Crippen LogP contribution in [0.25, 0.3) is 17.3 Å². The largest absolute Gasteiger partial charge is 0.481 e. The molecule has 0 N–H and O–H groups in total. The lowest BCUT2D eigenvalue weighted by Gasteiger charge is -2.37. The number of allylic oxidation sites excluding steroid dienone is 1. The third-order valence-electron chi connectivity index (χ3n) is 8.34. The molecule has 1 aliphatic carbocycles. The van der Waals surface area contributed by atoms with E-state index in [1.165, 1.54) is 6.42 Å². The van der Waals surface area contributed by atoms with E-state index in [-0.39, 0.29) is 11.7 Å². The SMILES string of the molecule is COc1ccc(-c2cn(C(c3ccccc3)(c3ccccc3)c3ccccc3)cn2)c(/C=C/C(=O)C2CCCCC2)n1. The topological polar surface area (TPSA) is 57.0 Å². The lowest BCUT2D eigenvalue weighted by molar-refractivity contribution is -0.119. The normalized spacial score (nSPS) is 14.2. The van der Waals surface area contributed by atoms with E-state index in [9.17, 15) is 4.79 Å². The summed E-state index contributed by atoms with van der Waals surface area (Å²) in [6, 6.07) is 35.4. The van der Waals surface area contributed by atoms with Gasteiger partial charge in [-0.3, -0.25) is 4.79 Å². The molecule has 2 aromatic heterocycles. The molecule has 42 heavy (non-hydrogen) atoms. The van der Waals surface area contributed by atoms with Crippen LogP contribution in [0.3, 0.4) is 0 Å². The first-order chi connectivity index (χ1) is 20.7. The van der Waals surface area contributed by atoms with E-state index >= 15 is 0 Å². The van der Waals surface area contributed by atoms with Gasteiger partial charge in [-0.2, -0.15) is 0 Å². The molecule has 0 radical (unpaired) electrons. The average Bonchev–Trinajstić information content (AvgIpc) is 3.56. The molecule has 2 heterocycles. The van der Waals surface area contributed by atoms with E-state index in [0.29, 0.717) is 11.6 Å². The van der Waals surface area contributed by atoms with Gasteiger partial charge in [-0.05, 0) is 47.8 Å². The summed E-state index contributed by atoms with van der Waals surface area (Å²) in [7, 11) is 1.60. The summed E-state index contributed by atoms with van der Waals surface area (Å²) >= 11 is 0. The molecule has 5 heteroatoms. The molecule has 0 saturated heterocycles. The summed E-state index contributed by atoms with van der Waals surface area (Å²) in [4.78, 5) is 22.7. The molecule has 0 spiro atoms. The van der Waals surface area contributed by atoms with Gasteiger partial charge in [0, 0.05) is 23.7 Å². The second kappa shape index (κ2) is 12.4. The second-order valence-corrected chi connectivity index (χ2v) is 10.8. The Morgan fingerprint density at radius 2 is 1.38 bits per heavy atom. The van der Waals surface area contributed by atoms with Crippen molar-refractivity contribution < 1.29 is 9.53 Å². The Bertz CT molecular complexity index is 1560. The van der Waals surface area contributed by atoms with Gasteiger partial charge in [0.2, 0.25) is 5.88 Å². The molecule has 3 aromatic carbocycles. The van der Waals surface area contributed by atoms with Crippen LogP contribution in [0.2, 0.25) is 0 Å². The lowest BCUT2D eigenvalue weighted by Crippen LogP contribution is -2.36. The van der Waals surface area contributed by atoms with E-state index < -0.39 is 5.54 Å². The minimum Gasteiger partial charge on any atom is -0.481 e. The number of aromatic nitrogens is 3. The highest BCUT2D eigenvalue weighted by atomic mass is 16.5. The van der Waals surface area contributed by atoms with Gasteiger partial charge in [-0.15, -0.1) is 0 Å². The molecular formula is C37H35N3O2. The number of ketones is 1. The van der Waals surface area contributed by atoms with Crippen molar-refractivity contribution in [1.82, 2.24) is 14.5 Å².